The van der Waals surface area contributed by atoms with Gasteiger partial charge in [-0.1, -0.05) is 0 Å². The Morgan fingerprint density at radius 3 is 2.70 bits per heavy atom. The molecule has 0 saturated carbocycles. The van der Waals surface area contributed by atoms with Crippen molar-refractivity contribution in [1.82, 2.24) is 4.57 Å². The maximum Gasteiger partial charge on any atom is 0.120 e. The third-order valence-electron chi connectivity index (χ3n) is 1.45. The minimum absolute atomic E-state index is 0.379. The highest BCUT2D eigenvalue weighted by molar-refractivity contribution is 5.22. The van der Waals surface area contributed by atoms with Crippen molar-refractivity contribution in [3.05, 3.63) is 24.0 Å². The van der Waals surface area contributed by atoms with E-state index in [9.17, 15) is 0 Å². The first-order valence-corrected chi connectivity index (χ1v) is 3.32. The minimum atomic E-state index is 0.379. The van der Waals surface area contributed by atoms with E-state index in [2.05, 4.69) is 19.9 Å². The summed E-state index contributed by atoms with van der Waals surface area (Å²) in [5.41, 5.74) is 0.731. The summed E-state index contributed by atoms with van der Waals surface area (Å²) in [6.07, 6.45) is 1.92. The van der Waals surface area contributed by atoms with E-state index in [0.717, 1.165) is 5.69 Å². The summed E-state index contributed by atoms with van der Waals surface area (Å²) in [5.74, 6) is 0. The Balaban J connectivity index is 3.05. The molecule has 0 atom stereocenters. The number of hydrogen-bond acceptors (Lipinski definition) is 1. The summed E-state index contributed by atoms with van der Waals surface area (Å²) < 4.78 is 1.94. The number of nitriles is 1. The Morgan fingerprint density at radius 1 is 1.60 bits per heavy atom. The zero-order valence-electron chi connectivity index (χ0n) is 6.20. The quantitative estimate of drug-likeness (QED) is 0.577. The average Bonchev–Trinajstić information content (AvgIpc) is 2.33. The summed E-state index contributed by atoms with van der Waals surface area (Å²) in [4.78, 5) is 0. The lowest BCUT2D eigenvalue weighted by atomic mass is 10.3. The van der Waals surface area contributed by atoms with E-state index in [1.165, 1.54) is 0 Å². The second-order valence-electron chi connectivity index (χ2n) is 2.51. The zero-order valence-corrected chi connectivity index (χ0v) is 6.20. The van der Waals surface area contributed by atoms with Crippen molar-refractivity contribution in [3.63, 3.8) is 0 Å². The van der Waals surface area contributed by atoms with Gasteiger partial charge >= 0.3 is 0 Å². The first-order valence-electron chi connectivity index (χ1n) is 3.32. The van der Waals surface area contributed by atoms with Crippen molar-refractivity contribution >= 4 is 0 Å². The molecule has 1 aromatic heterocycles. The van der Waals surface area contributed by atoms with Crippen LogP contribution in [0.1, 0.15) is 25.6 Å². The van der Waals surface area contributed by atoms with Gasteiger partial charge in [-0.15, -0.1) is 0 Å². The highest BCUT2D eigenvalue weighted by Gasteiger charge is 2.00. The lowest BCUT2D eigenvalue weighted by Crippen LogP contribution is -2.00. The van der Waals surface area contributed by atoms with Crippen molar-refractivity contribution in [2.24, 2.45) is 0 Å². The van der Waals surface area contributed by atoms with Crippen molar-refractivity contribution in [3.8, 4) is 6.07 Å². The Kier molecular flexibility index (Phi) is 1.77. The molecule has 0 saturated heterocycles. The maximum atomic E-state index is 8.59. The predicted octanol–water partition coefficient (Wildman–Crippen LogP) is 1.94. The molecule has 0 amide bonds. The van der Waals surface area contributed by atoms with E-state index < -0.39 is 0 Å². The third kappa shape index (κ3) is 1.03. The number of aromatic nitrogens is 1. The van der Waals surface area contributed by atoms with E-state index in [0.29, 0.717) is 6.04 Å². The molecule has 10 heavy (non-hydrogen) atoms. The lowest BCUT2D eigenvalue weighted by molar-refractivity contribution is 0.597. The summed E-state index contributed by atoms with van der Waals surface area (Å²) in [6, 6.07) is 6.21. The Bertz CT molecular complexity index is 252. The average molecular weight is 134 g/mol. The lowest BCUT2D eigenvalue weighted by Gasteiger charge is -2.06. The van der Waals surface area contributed by atoms with Crippen molar-refractivity contribution < 1.29 is 0 Å². The maximum absolute atomic E-state index is 8.59. The van der Waals surface area contributed by atoms with Crippen LogP contribution in [0.3, 0.4) is 0 Å². The Labute approximate surface area is 60.7 Å². The van der Waals surface area contributed by atoms with Crippen LogP contribution < -0.4 is 0 Å². The van der Waals surface area contributed by atoms with E-state index >= 15 is 0 Å². The first-order chi connectivity index (χ1) is 4.75. The summed E-state index contributed by atoms with van der Waals surface area (Å²) in [7, 11) is 0. The van der Waals surface area contributed by atoms with Gasteiger partial charge < -0.3 is 4.57 Å². The van der Waals surface area contributed by atoms with E-state index in [4.69, 9.17) is 5.26 Å². The predicted molar refractivity (Wildman–Crippen MR) is 39.5 cm³/mol. The van der Waals surface area contributed by atoms with Crippen molar-refractivity contribution in [2.75, 3.05) is 0 Å². The molecule has 2 nitrogen and oxygen atoms in total. The smallest absolute Gasteiger partial charge is 0.120 e. The molecule has 0 unspecified atom stereocenters. The van der Waals surface area contributed by atoms with Gasteiger partial charge in [0.2, 0.25) is 0 Å². The van der Waals surface area contributed by atoms with Crippen LogP contribution in [0.15, 0.2) is 18.3 Å². The molecule has 1 heterocycles. The standard InChI is InChI=1S/C8H10N2/c1-7(2)10-5-3-4-8(10)6-9/h3-5,7H,1-2H3. The van der Waals surface area contributed by atoms with Gasteiger partial charge in [0.05, 0.1) is 0 Å². The van der Waals surface area contributed by atoms with Crippen LogP contribution >= 0.6 is 0 Å². The molecule has 0 N–H and O–H groups in total. The highest BCUT2D eigenvalue weighted by Crippen LogP contribution is 2.08. The summed E-state index contributed by atoms with van der Waals surface area (Å²) in [5, 5.41) is 8.59. The van der Waals surface area contributed by atoms with Gasteiger partial charge in [0.15, 0.2) is 0 Å². The van der Waals surface area contributed by atoms with Crippen LogP contribution in [0.5, 0.6) is 0 Å². The number of rotatable bonds is 1. The topological polar surface area (TPSA) is 28.7 Å². The van der Waals surface area contributed by atoms with E-state index in [1.54, 1.807) is 0 Å². The van der Waals surface area contributed by atoms with Crippen molar-refractivity contribution in [2.45, 2.75) is 19.9 Å². The Morgan fingerprint density at radius 2 is 2.30 bits per heavy atom. The third-order valence-corrected chi connectivity index (χ3v) is 1.45. The van der Waals surface area contributed by atoms with Crippen LogP contribution in [-0.2, 0) is 0 Å². The molecule has 0 fully saturated rings. The molecule has 1 aromatic rings. The van der Waals surface area contributed by atoms with Gasteiger partial charge in [-0.05, 0) is 26.0 Å². The SMILES string of the molecule is CC(C)n1cccc1C#N. The molecular weight excluding hydrogens is 124 g/mol. The van der Waals surface area contributed by atoms with E-state index in [-0.39, 0.29) is 0 Å². The van der Waals surface area contributed by atoms with Crippen LogP contribution in [0, 0.1) is 11.3 Å². The molecule has 0 aliphatic heterocycles. The van der Waals surface area contributed by atoms with Gasteiger partial charge in [0, 0.05) is 12.2 Å². The van der Waals surface area contributed by atoms with Crippen molar-refractivity contribution in [1.29, 1.82) is 5.26 Å². The van der Waals surface area contributed by atoms with Crippen LogP contribution in [0.2, 0.25) is 0 Å². The molecule has 0 radical (unpaired) electrons. The van der Waals surface area contributed by atoms with Gasteiger partial charge in [-0.2, -0.15) is 5.26 Å². The molecule has 1 rings (SSSR count). The monoisotopic (exact) mass is 134 g/mol. The second kappa shape index (κ2) is 2.57. The highest BCUT2D eigenvalue weighted by atomic mass is 15.0. The van der Waals surface area contributed by atoms with Gasteiger partial charge in [-0.25, -0.2) is 0 Å². The van der Waals surface area contributed by atoms with Crippen LogP contribution in [0.4, 0.5) is 0 Å². The molecule has 2 heteroatoms. The fraction of sp³-hybridized carbons (Fsp3) is 0.375. The van der Waals surface area contributed by atoms with Crippen LogP contribution in [-0.4, -0.2) is 4.57 Å². The molecule has 0 aliphatic rings. The first kappa shape index (κ1) is 6.88. The molecule has 52 valence electrons. The van der Waals surface area contributed by atoms with E-state index in [1.807, 2.05) is 22.9 Å². The molecule has 0 aromatic carbocycles. The summed E-state index contributed by atoms with van der Waals surface area (Å²) >= 11 is 0. The molecule has 0 spiro atoms. The fourth-order valence-electron chi connectivity index (χ4n) is 0.939. The second-order valence-corrected chi connectivity index (χ2v) is 2.51. The normalized spacial score (nSPS) is 9.80. The summed E-state index contributed by atoms with van der Waals surface area (Å²) in [6.45, 7) is 4.11. The number of hydrogen-bond donors (Lipinski definition) is 0. The molecule has 0 bridgehead atoms. The van der Waals surface area contributed by atoms with Gasteiger partial charge in [0.25, 0.3) is 0 Å². The van der Waals surface area contributed by atoms with Gasteiger partial charge in [0.1, 0.15) is 11.8 Å². The molecular formula is C8H10N2. The fourth-order valence-corrected chi connectivity index (χ4v) is 0.939. The largest absolute Gasteiger partial charge is 0.337 e. The minimum Gasteiger partial charge on any atom is -0.337 e. The number of nitrogens with zero attached hydrogens (tertiary/aromatic N) is 2. The Hall–Kier alpha value is -1.23. The zero-order chi connectivity index (χ0) is 7.56. The van der Waals surface area contributed by atoms with Gasteiger partial charge in [-0.3, -0.25) is 0 Å². The van der Waals surface area contributed by atoms with Crippen LogP contribution in [0.25, 0.3) is 0 Å². The molecule has 0 aliphatic carbocycles.